The van der Waals surface area contributed by atoms with E-state index in [2.05, 4.69) is 10.2 Å². The van der Waals surface area contributed by atoms with E-state index in [1.165, 1.54) is 0 Å². The molecule has 3 radical (unpaired) electrons. The molecule has 0 bridgehead atoms. The Morgan fingerprint density at radius 2 is 2.00 bits per heavy atom. The zero-order chi connectivity index (χ0) is 8.81. The van der Waals surface area contributed by atoms with Gasteiger partial charge in [-0.25, -0.2) is 4.79 Å². The van der Waals surface area contributed by atoms with E-state index in [0.717, 1.165) is 0 Å². The predicted octanol–water partition coefficient (Wildman–Crippen LogP) is 1.43. The number of esters is 1. The summed E-state index contributed by atoms with van der Waals surface area (Å²) in [7, 11) is 3.22. The molecule has 0 fully saturated rings. The summed E-state index contributed by atoms with van der Waals surface area (Å²) in [5.41, 5.74) is 0.595. The van der Waals surface area contributed by atoms with Crippen LogP contribution in [0, 0.1) is 0 Å². The van der Waals surface area contributed by atoms with Gasteiger partial charge in [-0.15, -0.1) is 0 Å². The second kappa shape index (κ2) is 4.72. The van der Waals surface area contributed by atoms with Crippen molar-refractivity contribution in [3.63, 3.8) is 0 Å². The Hall–Kier alpha value is -1.09. The first-order valence-electron chi connectivity index (χ1n) is 3.71. The summed E-state index contributed by atoms with van der Waals surface area (Å²) in [5.74, 6) is -0.270. The lowest BCUT2D eigenvalue weighted by Gasteiger charge is -2.01. The summed E-state index contributed by atoms with van der Waals surface area (Å²) >= 11 is 0. The molecule has 0 aliphatic carbocycles. The molecule has 1 aromatic carbocycles. The van der Waals surface area contributed by atoms with E-state index in [1.54, 1.807) is 12.1 Å². The van der Waals surface area contributed by atoms with Crippen LogP contribution in [0.4, 0.5) is 0 Å². The molecule has 0 unspecified atom stereocenters. The predicted molar refractivity (Wildman–Crippen MR) is 47.3 cm³/mol. The molecule has 0 atom stereocenters. The van der Waals surface area contributed by atoms with Crippen molar-refractivity contribution in [1.82, 2.24) is 0 Å². The summed E-state index contributed by atoms with van der Waals surface area (Å²) in [6.45, 7) is 0.407. The molecule has 2 nitrogen and oxygen atoms in total. The Morgan fingerprint density at radius 1 is 1.33 bits per heavy atom. The molecule has 12 heavy (non-hydrogen) atoms. The van der Waals surface area contributed by atoms with E-state index in [1.807, 2.05) is 18.2 Å². The third-order valence-electron chi connectivity index (χ3n) is 1.34. The Balaban J connectivity index is 2.54. The van der Waals surface area contributed by atoms with Crippen LogP contribution in [0.15, 0.2) is 30.3 Å². The Kier molecular flexibility index (Phi) is 3.54. The van der Waals surface area contributed by atoms with Crippen LogP contribution in [0.1, 0.15) is 10.4 Å². The van der Waals surface area contributed by atoms with Crippen molar-refractivity contribution in [2.75, 3.05) is 6.61 Å². The van der Waals surface area contributed by atoms with Crippen LogP contribution in [0.5, 0.6) is 0 Å². The maximum atomic E-state index is 11.2. The van der Waals surface area contributed by atoms with Gasteiger partial charge in [0, 0.05) is 10.2 Å². The smallest absolute Gasteiger partial charge is 0.338 e. The molecule has 61 valence electrons. The first kappa shape index (κ1) is 9.00. The van der Waals surface area contributed by atoms with Crippen LogP contribution in [0.2, 0.25) is 6.04 Å². The summed E-state index contributed by atoms with van der Waals surface area (Å²) in [6.07, 6.45) is 0. The largest absolute Gasteiger partial charge is 0.462 e. The van der Waals surface area contributed by atoms with Crippen LogP contribution < -0.4 is 0 Å². The van der Waals surface area contributed by atoms with Crippen molar-refractivity contribution in [2.24, 2.45) is 0 Å². The molecule has 0 aromatic heterocycles. The van der Waals surface area contributed by atoms with Gasteiger partial charge in [0.15, 0.2) is 0 Å². The number of ether oxygens (including phenoxy) is 1. The third-order valence-corrected chi connectivity index (χ3v) is 1.55. The summed E-state index contributed by atoms with van der Waals surface area (Å²) in [4.78, 5) is 11.2. The lowest BCUT2D eigenvalue weighted by atomic mass is 10.2. The van der Waals surface area contributed by atoms with Crippen molar-refractivity contribution in [2.45, 2.75) is 6.04 Å². The minimum Gasteiger partial charge on any atom is -0.462 e. The van der Waals surface area contributed by atoms with E-state index >= 15 is 0 Å². The van der Waals surface area contributed by atoms with Gasteiger partial charge in [0.05, 0.1) is 12.2 Å². The molecule has 0 saturated heterocycles. The maximum absolute atomic E-state index is 11.2. The SMILES string of the molecule is O=C(OCC[Si])c1ccccc1. The van der Waals surface area contributed by atoms with E-state index in [0.29, 0.717) is 18.2 Å². The average Bonchev–Trinajstić information content (AvgIpc) is 2.15. The zero-order valence-electron chi connectivity index (χ0n) is 6.62. The van der Waals surface area contributed by atoms with E-state index < -0.39 is 0 Å². The van der Waals surface area contributed by atoms with Gasteiger partial charge in [-0.1, -0.05) is 18.2 Å². The first-order valence-corrected chi connectivity index (χ1v) is 4.42. The second-order valence-corrected chi connectivity index (χ2v) is 2.75. The normalized spacial score (nSPS) is 9.42. The van der Waals surface area contributed by atoms with Crippen molar-refractivity contribution in [3.05, 3.63) is 35.9 Å². The highest BCUT2D eigenvalue weighted by Crippen LogP contribution is 2.00. The molecule has 0 N–H and O–H groups in total. The highest BCUT2D eigenvalue weighted by atomic mass is 28.1. The van der Waals surface area contributed by atoms with Gasteiger partial charge in [-0.2, -0.15) is 0 Å². The van der Waals surface area contributed by atoms with E-state index in [-0.39, 0.29) is 5.97 Å². The average molecular weight is 177 g/mol. The van der Waals surface area contributed by atoms with Gasteiger partial charge in [0.2, 0.25) is 0 Å². The number of carbonyl (C=O) groups excluding carboxylic acids is 1. The lowest BCUT2D eigenvalue weighted by molar-refractivity contribution is 0.0527. The fraction of sp³-hybridized carbons (Fsp3) is 0.222. The Labute approximate surface area is 75.0 Å². The van der Waals surface area contributed by atoms with Crippen molar-refractivity contribution < 1.29 is 9.53 Å². The second-order valence-electron chi connectivity index (χ2n) is 2.25. The monoisotopic (exact) mass is 177 g/mol. The van der Waals surface area contributed by atoms with Crippen molar-refractivity contribution >= 4 is 16.2 Å². The quantitative estimate of drug-likeness (QED) is 0.515. The number of rotatable bonds is 3. The third kappa shape index (κ3) is 2.51. The highest BCUT2D eigenvalue weighted by Gasteiger charge is 2.03. The Bertz CT molecular complexity index is 246. The maximum Gasteiger partial charge on any atom is 0.338 e. The zero-order valence-corrected chi connectivity index (χ0v) is 7.62. The molecule has 0 saturated carbocycles. The molecular formula is C9H9O2Si. The van der Waals surface area contributed by atoms with Crippen molar-refractivity contribution in [1.29, 1.82) is 0 Å². The first-order chi connectivity index (χ1) is 5.84. The van der Waals surface area contributed by atoms with Gasteiger partial charge in [-0.05, 0) is 18.2 Å². The number of carbonyl (C=O) groups is 1. The molecule has 0 aliphatic heterocycles. The Morgan fingerprint density at radius 3 is 2.58 bits per heavy atom. The molecular weight excluding hydrogens is 168 g/mol. The molecule has 0 aliphatic rings. The standard InChI is InChI=1S/C9H9O2Si/c10-9(11-6-7-12)8-4-2-1-3-5-8/h1-5H,6-7H2. The number of hydrogen-bond donors (Lipinski definition) is 0. The molecule has 0 spiro atoms. The topological polar surface area (TPSA) is 26.3 Å². The van der Waals surface area contributed by atoms with Crippen LogP contribution in [0.3, 0.4) is 0 Å². The van der Waals surface area contributed by atoms with Gasteiger partial charge in [0.25, 0.3) is 0 Å². The van der Waals surface area contributed by atoms with Crippen LogP contribution >= 0.6 is 0 Å². The molecule has 0 heterocycles. The van der Waals surface area contributed by atoms with Crippen LogP contribution in [0.25, 0.3) is 0 Å². The summed E-state index contributed by atoms with van der Waals surface area (Å²) < 4.78 is 4.89. The summed E-state index contributed by atoms with van der Waals surface area (Å²) in [6, 6.07) is 9.61. The number of benzene rings is 1. The minimum absolute atomic E-state index is 0.270. The molecule has 1 aromatic rings. The number of hydrogen-bond acceptors (Lipinski definition) is 2. The molecule has 0 amide bonds. The van der Waals surface area contributed by atoms with Crippen LogP contribution in [-0.4, -0.2) is 22.8 Å². The highest BCUT2D eigenvalue weighted by molar-refractivity contribution is 6.08. The summed E-state index contributed by atoms with van der Waals surface area (Å²) in [5, 5.41) is 0. The fourth-order valence-corrected chi connectivity index (χ4v) is 0.903. The van der Waals surface area contributed by atoms with Crippen molar-refractivity contribution in [3.8, 4) is 0 Å². The van der Waals surface area contributed by atoms with E-state index in [4.69, 9.17) is 4.74 Å². The van der Waals surface area contributed by atoms with Gasteiger partial charge in [-0.3, -0.25) is 0 Å². The van der Waals surface area contributed by atoms with Crippen LogP contribution in [-0.2, 0) is 4.74 Å². The minimum atomic E-state index is -0.270. The fourth-order valence-electron chi connectivity index (χ4n) is 0.801. The van der Waals surface area contributed by atoms with Gasteiger partial charge >= 0.3 is 5.97 Å². The lowest BCUT2D eigenvalue weighted by Crippen LogP contribution is -2.05. The molecule has 1 rings (SSSR count). The van der Waals surface area contributed by atoms with Gasteiger partial charge in [0.1, 0.15) is 0 Å². The molecule has 3 heteroatoms. The van der Waals surface area contributed by atoms with Gasteiger partial charge < -0.3 is 4.74 Å². The van der Waals surface area contributed by atoms with E-state index in [9.17, 15) is 4.79 Å².